The van der Waals surface area contributed by atoms with Gasteiger partial charge in [-0.25, -0.2) is 0 Å². The van der Waals surface area contributed by atoms with E-state index in [0.29, 0.717) is 13.0 Å². The molecular weight excluding hydrogens is 210 g/mol. The van der Waals surface area contributed by atoms with E-state index in [1.807, 2.05) is 17.3 Å². The van der Waals surface area contributed by atoms with E-state index in [0.717, 1.165) is 13.0 Å². The van der Waals surface area contributed by atoms with Crippen LogP contribution in [0.4, 0.5) is 0 Å². The normalized spacial score (nSPS) is 35.8. The van der Waals surface area contributed by atoms with E-state index in [9.17, 15) is 10.2 Å². The van der Waals surface area contributed by atoms with E-state index in [4.69, 9.17) is 9.47 Å². The Hall–Kier alpha value is -0.620. The molecule has 2 fully saturated rings. The van der Waals surface area contributed by atoms with Gasteiger partial charge in [0.25, 0.3) is 0 Å². The van der Waals surface area contributed by atoms with Crippen LogP contribution < -0.4 is 0 Å². The molecule has 0 aromatic carbocycles. The van der Waals surface area contributed by atoms with Crippen molar-refractivity contribution >= 4 is 0 Å². The Morgan fingerprint density at radius 1 is 1.12 bits per heavy atom. The van der Waals surface area contributed by atoms with Gasteiger partial charge in [-0.1, -0.05) is 0 Å². The zero-order chi connectivity index (χ0) is 11.1. The minimum Gasteiger partial charge on any atom is -0.390 e. The third-order valence-corrected chi connectivity index (χ3v) is 3.31. The van der Waals surface area contributed by atoms with Crippen LogP contribution in [0.3, 0.4) is 0 Å². The van der Waals surface area contributed by atoms with Crippen molar-refractivity contribution in [3.05, 3.63) is 12.4 Å². The number of rotatable bonds is 7. The van der Waals surface area contributed by atoms with Crippen molar-refractivity contribution in [2.24, 2.45) is 0 Å². The average Bonchev–Trinajstić information content (AvgIpc) is 3.12. The molecule has 0 radical (unpaired) electrons. The molecule has 0 aromatic rings. The summed E-state index contributed by atoms with van der Waals surface area (Å²) < 4.78 is 10.2. The summed E-state index contributed by atoms with van der Waals surface area (Å²) in [6, 6.07) is -0.0544. The highest BCUT2D eigenvalue weighted by molar-refractivity contribution is 5.08. The molecule has 0 aliphatic carbocycles. The van der Waals surface area contributed by atoms with Crippen LogP contribution in [0, 0.1) is 0 Å². The molecule has 5 nitrogen and oxygen atoms in total. The van der Waals surface area contributed by atoms with Gasteiger partial charge in [0.2, 0.25) is 0 Å². The van der Waals surface area contributed by atoms with Gasteiger partial charge in [0.15, 0.2) is 0 Å². The lowest BCUT2D eigenvalue weighted by atomic mass is 9.97. The molecule has 3 aliphatic heterocycles. The van der Waals surface area contributed by atoms with Crippen LogP contribution in [0.1, 0.15) is 12.8 Å². The second-order valence-corrected chi connectivity index (χ2v) is 4.75. The molecule has 16 heavy (non-hydrogen) atoms. The van der Waals surface area contributed by atoms with Gasteiger partial charge in [-0.05, 0) is 6.42 Å². The average molecular weight is 227 g/mol. The Balaban J connectivity index is 1.53. The van der Waals surface area contributed by atoms with Gasteiger partial charge in [0.1, 0.15) is 6.10 Å². The lowest BCUT2D eigenvalue weighted by Gasteiger charge is -2.28. The molecule has 2 saturated heterocycles. The monoisotopic (exact) mass is 227 g/mol. The van der Waals surface area contributed by atoms with E-state index < -0.39 is 12.2 Å². The minimum absolute atomic E-state index is 0.0544. The van der Waals surface area contributed by atoms with E-state index in [1.165, 1.54) is 0 Å². The zero-order valence-corrected chi connectivity index (χ0v) is 9.03. The fourth-order valence-corrected chi connectivity index (χ4v) is 2.04. The van der Waals surface area contributed by atoms with E-state index in [2.05, 4.69) is 0 Å². The molecule has 3 aliphatic rings. The molecular formula is C11H17NO4. The SMILES string of the molecule is OC(CC1CO1)C(O)C(CC1CO1)N1C=C1. The molecule has 0 spiro atoms. The number of aliphatic hydroxyl groups is 2. The first kappa shape index (κ1) is 10.5. The largest absolute Gasteiger partial charge is 0.390 e. The predicted molar refractivity (Wildman–Crippen MR) is 55.5 cm³/mol. The van der Waals surface area contributed by atoms with Crippen molar-refractivity contribution in [1.29, 1.82) is 0 Å². The van der Waals surface area contributed by atoms with Gasteiger partial charge in [0.05, 0.1) is 37.6 Å². The third kappa shape index (κ3) is 2.55. The van der Waals surface area contributed by atoms with Crippen LogP contribution >= 0.6 is 0 Å². The van der Waals surface area contributed by atoms with Gasteiger partial charge >= 0.3 is 0 Å². The molecule has 0 saturated carbocycles. The highest BCUT2D eigenvalue weighted by Gasteiger charge is 2.39. The first-order chi connectivity index (χ1) is 7.74. The van der Waals surface area contributed by atoms with E-state index in [-0.39, 0.29) is 18.2 Å². The molecule has 5 unspecified atom stereocenters. The molecule has 5 atom stereocenters. The van der Waals surface area contributed by atoms with Crippen LogP contribution in [0.25, 0.3) is 0 Å². The highest BCUT2D eigenvalue weighted by atomic mass is 16.6. The summed E-state index contributed by atoms with van der Waals surface area (Å²) in [5, 5.41) is 20.0. The number of hydrogen-bond acceptors (Lipinski definition) is 5. The van der Waals surface area contributed by atoms with Crippen molar-refractivity contribution in [1.82, 2.24) is 4.90 Å². The zero-order valence-electron chi connectivity index (χ0n) is 9.03. The van der Waals surface area contributed by atoms with Gasteiger partial charge in [-0.2, -0.15) is 0 Å². The second kappa shape index (κ2) is 4.00. The van der Waals surface area contributed by atoms with E-state index >= 15 is 0 Å². The molecule has 0 aromatic heterocycles. The quantitative estimate of drug-likeness (QED) is 0.571. The van der Waals surface area contributed by atoms with Crippen molar-refractivity contribution in [2.45, 2.75) is 43.3 Å². The fraction of sp³-hybridized carbons (Fsp3) is 0.818. The van der Waals surface area contributed by atoms with Crippen LogP contribution in [0.15, 0.2) is 12.4 Å². The maximum Gasteiger partial charge on any atom is 0.101 e. The molecule has 0 bridgehead atoms. The highest BCUT2D eigenvalue weighted by Crippen LogP contribution is 2.28. The summed E-state index contributed by atoms with van der Waals surface area (Å²) in [5.41, 5.74) is 0. The number of aliphatic hydroxyl groups excluding tert-OH is 2. The third-order valence-electron chi connectivity index (χ3n) is 3.31. The lowest BCUT2D eigenvalue weighted by Crippen LogP contribution is -2.43. The topological polar surface area (TPSA) is 68.5 Å². The molecule has 2 N–H and O–H groups in total. The maximum absolute atomic E-state index is 10.1. The summed E-state index contributed by atoms with van der Waals surface area (Å²) >= 11 is 0. The molecule has 5 heteroatoms. The Morgan fingerprint density at radius 3 is 2.19 bits per heavy atom. The van der Waals surface area contributed by atoms with Crippen LogP contribution in [-0.4, -0.2) is 58.8 Å². The predicted octanol–water partition coefficient (Wildman–Crippen LogP) is -0.559. The van der Waals surface area contributed by atoms with E-state index in [1.54, 1.807) is 0 Å². The molecule has 0 amide bonds. The van der Waals surface area contributed by atoms with Crippen LogP contribution in [0.5, 0.6) is 0 Å². The summed E-state index contributed by atoms with van der Waals surface area (Å²) in [6.07, 6.45) is 4.08. The van der Waals surface area contributed by atoms with Crippen molar-refractivity contribution in [2.75, 3.05) is 13.2 Å². The van der Waals surface area contributed by atoms with Gasteiger partial charge < -0.3 is 24.6 Å². The van der Waals surface area contributed by atoms with Crippen LogP contribution in [-0.2, 0) is 9.47 Å². The summed E-state index contributed by atoms with van der Waals surface area (Å²) in [7, 11) is 0. The van der Waals surface area contributed by atoms with Crippen molar-refractivity contribution in [3.63, 3.8) is 0 Å². The standard InChI is InChI=1S/C11H17NO4/c13-10(4-8-6-16-8)11(14)9(12-1-2-12)3-7-5-15-7/h1-2,7-11,13-14H,3-6H2. The Bertz CT molecular complexity index is 282. The van der Waals surface area contributed by atoms with Gasteiger partial charge in [-0.3, -0.25) is 0 Å². The number of ether oxygens (including phenoxy) is 2. The first-order valence-electron chi connectivity index (χ1n) is 5.79. The number of epoxide rings is 2. The maximum atomic E-state index is 10.1. The van der Waals surface area contributed by atoms with Crippen LogP contribution in [0.2, 0.25) is 0 Å². The van der Waals surface area contributed by atoms with Gasteiger partial charge in [-0.15, -0.1) is 0 Å². The molecule has 3 rings (SSSR count). The Labute approximate surface area is 94.3 Å². The lowest BCUT2D eigenvalue weighted by molar-refractivity contribution is -0.0249. The Kier molecular flexibility index (Phi) is 2.63. The molecule has 3 heterocycles. The fourth-order valence-electron chi connectivity index (χ4n) is 2.04. The smallest absolute Gasteiger partial charge is 0.101 e. The first-order valence-corrected chi connectivity index (χ1v) is 5.79. The summed E-state index contributed by atoms with van der Waals surface area (Å²) in [4.78, 5) is 1.95. The number of hydrogen-bond donors (Lipinski definition) is 2. The molecule has 90 valence electrons. The van der Waals surface area contributed by atoms with Gasteiger partial charge in [0, 0.05) is 18.8 Å². The van der Waals surface area contributed by atoms with Crippen molar-refractivity contribution in [3.8, 4) is 0 Å². The summed E-state index contributed by atoms with van der Waals surface area (Å²) in [5.74, 6) is 0. The van der Waals surface area contributed by atoms with Crippen molar-refractivity contribution < 1.29 is 19.7 Å². The second-order valence-electron chi connectivity index (χ2n) is 4.75. The number of nitrogens with zero attached hydrogens (tertiary/aromatic N) is 1. The Morgan fingerprint density at radius 2 is 1.69 bits per heavy atom. The summed E-state index contributed by atoms with van der Waals surface area (Å²) in [6.45, 7) is 1.49. The minimum atomic E-state index is -0.733.